The topological polar surface area (TPSA) is 35.3 Å². The SMILES string of the molecule is COc1ccc2oc(/C=C/c3ccccc3)nc2c1. The van der Waals surface area contributed by atoms with Crippen LogP contribution in [-0.2, 0) is 0 Å². The van der Waals surface area contributed by atoms with Crippen LogP contribution in [0.5, 0.6) is 5.75 Å². The second-order valence-corrected chi connectivity index (χ2v) is 4.13. The molecule has 0 aliphatic carbocycles. The maximum atomic E-state index is 5.64. The zero-order valence-corrected chi connectivity index (χ0v) is 10.5. The third-order valence-corrected chi connectivity index (χ3v) is 2.83. The van der Waals surface area contributed by atoms with E-state index in [0.29, 0.717) is 5.89 Å². The van der Waals surface area contributed by atoms with Crippen LogP contribution in [0.4, 0.5) is 0 Å². The maximum absolute atomic E-state index is 5.64. The zero-order chi connectivity index (χ0) is 13.1. The highest BCUT2D eigenvalue weighted by Gasteiger charge is 2.04. The van der Waals surface area contributed by atoms with Gasteiger partial charge in [0.25, 0.3) is 0 Å². The number of hydrogen-bond donors (Lipinski definition) is 0. The van der Waals surface area contributed by atoms with Gasteiger partial charge in [-0.05, 0) is 23.8 Å². The number of rotatable bonds is 3. The molecule has 0 unspecified atom stereocenters. The second kappa shape index (κ2) is 4.98. The molecule has 0 N–H and O–H groups in total. The highest BCUT2D eigenvalue weighted by atomic mass is 16.5. The Morgan fingerprint density at radius 1 is 1.05 bits per heavy atom. The Bertz CT molecular complexity index is 714. The van der Waals surface area contributed by atoms with E-state index < -0.39 is 0 Å². The minimum atomic E-state index is 0.590. The predicted molar refractivity (Wildman–Crippen MR) is 75.9 cm³/mol. The highest BCUT2D eigenvalue weighted by Crippen LogP contribution is 2.22. The first-order chi connectivity index (χ1) is 9.35. The minimum absolute atomic E-state index is 0.590. The van der Waals surface area contributed by atoms with Gasteiger partial charge in [0.15, 0.2) is 5.58 Å². The standard InChI is InChI=1S/C16H13NO2/c1-18-13-8-9-15-14(11-13)17-16(19-15)10-7-12-5-3-2-4-6-12/h2-11H,1H3/b10-7+. The van der Waals surface area contributed by atoms with Crippen LogP contribution in [0.2, 0.25) is 0 Å². The van der Waals surface area contributed by atoms with Crippen LogP contribution < -0.4 is 4.74 Å². The summed E-state index contributed by atoms with van der Waals surface area (Å²) in [5.74, 6) is 1.37. The van der Waals surface area contributed by atoms with Crippen LogP contribution in [0.3, 0.4) is 0 Å². The van der Waals surface area contributed by atoms with Crippen LogP contribution in [0, 0.1) is 0 Å². The van der Waals surface area contributed by atoms with Gasteiger partial charge in [0, 0.05) is 12.1 Å². The molecule has 94 valence electrons. The number of methoxy groups -OCH3 is 1. The number of aromatic nitrogens is 1. The molecule has 0 saturated heterocycles. The Balaban J connectivity index is 1.91. The van der Waals surface area contributed by atoms with Crippen molar-refractivity contribution < 1.29 is 9.15 Å². The smallest absolute Gasteiger partial charge is 0.220 e. The van der Waals surface area contributed by atoms with Gasteiger partial charge in [0.2, 0.25) is 5.89 Å². The van der Waals surface area contributed by atoms with E-state index >= 15 is 0 Å². The number of oxazole rings is 1. The van der Waals surface area contributed by atoms with Gasteiger partial charge in [0.05, 0.1) is 7.11 Å². The van der Waals surface area contributed by atoms with Crippen molar-refractivity contribution in [2.45, 2.75) is 0 Å². The normalized spacial score (nSPS) is 11.2. The molecule has 3 aromatic rings. The Morgan fingerprint density at radius 3 is 2.68 bits per heavy atom. The van der Waals surface area contributed by atoms with Crippen LogP contribution in [-0.4, -0.2) is 12.1 Å². The Kier molecular flexibility index (Phi) is 3.02. The Labute approximate surface area is 111 Å². The van der Waals surface area contributed by atoms with Gasteiger partial charge in [-0.1, -0.05) is 30.3 Å². The van der Waals surface area contributed by atoms with Crippen LogP contribution in [0.25, 0.3) is 23.3 Å². The van der Waals surface area contributed by atoms with E-state index in [1.807, 2.05) is 60.7 Å². The molecular weight excluding hydrogens is 238 g/mol. The van der Waals surface area contributed by atoms with Crippen molar-refractivity contribution in [3.05, 3.63) is 60.0 Å². The third-order valence-electron chi connectivity index (χ3n) is 2.83. The van der Waals surface area contributed by atoms with Crippen molar-refractivity contribution in [1.29, 1.82) is 0 Å². The lowest BCUT2D eigenvalue weighted by Crippen LogP contribution is -1.80. The van der Waals surface area contributed by atoms with Gasteiger partial charge in [-0.15, -0.1) is 0 Å². The first kappa shape index (κ1) is 11.5. The molecular formula is C16H13NO2. The van der Waals surface area contributed by atoms with Crippen molar-refractivity contribution in [3.8, 4) is 5.75 Å². The highest BCUT2D eigenvalue weighted by molar-refractivity contribution is 5.77. The van der Waals surface area contributed by atoms with Gasteiger partial charge in [-0.25, -0.2) is 4.98 Å². The van der Waals surface area contributed by atoms with E-state index in [1.165, 1.54) is 0 Å². The second-order valence-electron chi connectivity index (χ2n) is 4.13. The summed E-state index contributed by atoms with van der Waals surface area (Å²) < 4.78 is 10.8. The summed E-state index contributed by atoms with van der Waals surface area (Å²) in [4.78, 5) is 4.40. The fraction of sp³-hybridized carbons (Fsp3) is 0.0625. The minimum Gasteiger partial charge on any atom is -0.497 e. The molecule has 0 radical (unpaired) electrons. The fourth-order valence-corrected chi connectivity index (χ4v) is 1.85. The molecule has 0 amide bonds. The maximum Gasteiger partial charge on any atom is 0.220 e. The summed E-state index contributed by atoms with van der Waals surface area (Å²) in [7, 11) is 1.64. The van der Waals surface area contributed by atoms with Gasteiger partial charge >= 0.3 is 0 Å². The Morgan fingerprint density at radius 2 is 1.89 bits per heavy atom. The Hall–Kier alpha value is -2.55. The van der Waals surface area contributed by atoms with Crippen molar-refractivity contribution in [1.82, 2.24) is 4.98 Å². The summed E-state index contributed by atoms with van der Waals surface area (Å²) in [6, 6.07) is 15.6. The lowest BCUT2D eigenvalue weighted by molar-refractivity contribution is 0.415. The molecule has 3 heteroatoms. The molecule has 0 aliphatic rings. The first-order valence-electron chi connectivity index (χ1n) is 6.03. The molecule has 19 heavy (non-hydrogen) atoms. The molecule has 1 heterocycles. The number of benzene rings is 2. The zero-order valence-electron chi connectivity index (χ0n) is 10.5. The average molecular weight is 251 g/mol. The summed E-state index contributed by atoms with van der Waals surface area (Å²) in [5.41, 5.74) is 2.67. The van der Waals surface area contributed by atoms with E-state index in [2.05, 4.69) is 4.98 Å². The lowest BCUT2D eigenvalue weighted by Gasteiger charge is -1.95. The molecule has 3 rings (SSSR count). The van der Waals surface area contributed by atoms with E-state index in [1.54, 1.807) is 7.11 Å². The summed E-state index contributed by atoms with van der Waals surface area (Å²) >= 11 is 0. The van der Waals surface area contributed by atoms with Gasteiger partial charge in [0.1, 0.15) is 11.3 Å². The van der Waals surface area contributed by atoms with E-state index in [0.717, 1.165) is 22.4 Å². The van der Waals surface area contributed by atoms with Crippen molar-refractivity contribution in [2.75, 3.05) is 7.11 Å². The fourth-order valence-electron chi connectivity index (χ4n) is 1.85. The van der Waals surface area contributed by atoms with Crippen molar-refractivity contribution >= 4 is 23.3 Å². The van der Waals surface area contributed by atoms with Gasteiger partial charge < -0.3 is 9.15 Å². The number of ether oxygens (including phenoxy) is 1. The number of fused-ring (bicyclic) bond motifs is 1. The number of nitrogens with zero attached hydrogens (tertiary/aromatic N) is 1. The first-order valence-corrected chi connectivity index (χ1v) is 6.03. The van der Waals surface area contributed by atoms with E-state index in [9.17, 15) is 0 Å². The summed E-state index contributed by atoms with van der Waals surface area (Å²) in [6.07, 6.45) is 3.84. The van der Waals surface area contributed by atoms with Crippen molar-refractivity contribution in [2.24, 2.45) is 0 Å². The molecule has 0 spiro atoms. The van der Waals surface area contributed by atoms with Crippen LogP contribution in [0.1, 0.15) is 11.5 Å². The van der Waals surface area contributed by atoms with Gasteiger partial charge in [-0.3, -0.25) is 0 Å². The molecule has 0 saturated carbocycles. The number of hydrogen-bond acceptors (Lipinski definition) is 3. The monoisotopic (exact) mass is 251 g/mol. The largest absolute Gasteiger partial charge is 0.497 e. The quantitative estimate of drug-likeness (QED) is 0.705. The van der Waals surface area contributed by atoms with Crippen LogP contribution >= 0.6 is 0 Å². The average Bonchev–Trinajstić information content (AvgIpc) is 2.88. The summed E-state index contributed by atoms with van der Waals surface area (Å²) in [5, 5.41) is 0. The van der Waals surface area contributed by atoms with Crippen LogP contribution in [0.15, 0.2) is 52.9 Å². The lowest BCUT2D eigenvalue weighted by atomic mass is 10.2. The van der Waals surface area contributed by atoms with Crippen molar-refractivity contribution in [3.63, 3.8) is 0 Å². The summed E-state index contributed by atoms with van der Waals surface area (Å²) in [6.45, 7) is 0. The third kappa shape index (κ3) is 2.50. The molecule has 0 atom stereocenters. The predicted octanol–water partition coefficient (Wildman–Crippen LogP) is 4.01. The van der Waals surface area contributed by atoms with E-state index in [4.69, 9.17) is 9.15 Å². The van der Waals surface area contributed by atoms with Gasteiger partial charge in [-0.2, -0.15) is 0 Å². The van der Waals surface area contributed by atoms with E-state index in [-0.39, 0.29) is 0 Å². The molecule has 0 aliphatic heterocycles. The molecule has 1 aromatic heterocycles. The molecule has 2 aromatic carbocycles. The molecule has 3 nitrogen and oxygen atoms in total. The molecule has 0 bridgehead atoms. The molecule has 0 fully saturated rings.